The molecule has 168 valence electrons. The first-order valence-corrected chi connectivity index (χ1v) is 10.4. The van der Waals surface area contributed by atoms with Crippen LogP contribution < -0.4 is 5.32 Å². The van der Waals surface area contributed by atoms with Gasteiger partial charge in [0.2, 0.25) is 18.2 Å². The molecule has 3 N–H and O–H groups in total. The maximum absolute atomic E-state index is 13.2. The maximum atomic E-state index is 13.2. The Labute approximate surface area is 181 Å². The number of carboxylic acid groups (broad SMARTS) is 1. The number of rotatable bonds is 13. The number of carbonyl (C=O) groups is 4. The minimum absolute atomic E-state index is 0.165. The molecule has 1 atom stereocenters. The molecule has 1 aromatic heterocycles. The van der Waals surface area contributed by atoms with Crippen LogP contribution in [-0.2, 0) is 25.6 Å². The van der Waals surface area contributed by atoms with Gasteiger partial charge in [0.25, 0.3) is 0 Å². The molecule has 0 saturated carbocycles. The van der Waals surface area contributed by atoms with E-state index in [2.05, 4.69) is 10.3 Å². The van der Waals surface area contributed by atoms with E-state index in [1.165, 1.54) is 9.80 Å². The van der Waals surface area contributed by atoms with Crippen molar-refractivity contribution in [2.24, 2.45) is 0 Å². The second-order valence-corrected chi connectivity index (χ2v) is 7.41. The molecule has 31 heavy (non-hydrogen) atoms. The molecule has 0 aliphatic carbocycles. The molecule has 3 amide bonds. The fraction of sp³-hybridized carbons (Fsp3) is 0.455. The highest BCUT2D eigenvalue weighted by atomic mass is 16.4. The standard InChI is InChI=1S/C22H30N4O5/c1-3-9-25(15-27)13-20(28)24-19(22(31)26(10-4-2)14-21(29)30)11-16-12-23-18-8-6-5-7-17(16)18/h5-8,12,15,19,23H,3-4,9-11,13-14H2,1-2H3,(H,24,28)(H,29,30). The van der Waals surface area contributed by atoms with Crippen LogP contribution in [0.4, 0.5) is 0 Å². The first-order valence-electron chi connectivity index (χ1n) is 10.4. The molecule has 2 aromatic rings. The number of carbonyl (C=O) groups excluding carboxylic acids is 3. The summed E-state index contributed by atoms with van der Waals surface area (Å²) in [5.41, 5.74) is 1.74. The van der Waals surface area contributed by atoms with Crippen molar-refractivity contribution in [3.63, 3.8) is 0 Å². The Hall–Kier alpha value is -3.36. The number of nitrogens with zero attached hydrogens (tertiary/aromatic N) is 2. The van der Waals surface area contributed by atoms with Crippen molar-refractivity contribution in [3.05, 3.63) is 36.0 Å². The molecule has 2 rings (SSSR count). The summed E-state index contributed by atoms with van der Waals surface area (Å²) in [5, 5.41) is 12.8. The Balaban J connectivity index is 2.26. The number of aliphatic carboxylic acids is 1. The highest BCUT2D eigenvalue weighted by molar-refractivity contribution is 5.91. The lowest BCUT2D eigenvalue weighted by atomic mass is 10.0. The van der Waals surface area contributed by atoms with Crippen molar-refractivity contribution >= 4 is 35.1 Å². The predicted octanol–water partition coefficient (Wildman–Crippen LogP) is 1.39. The minimum Gasteiger partial charge on any atom is -0.480 e. The molecule has 1 unspecified atom stereocenters. The van der Waals surface area contributed by atoms with Gasteiger partial charge in [-0.25, -0.2) is 0 Å². The number of nitrogens with one attached hydrogen (secondary N) is 2. The Morgan fingerprint density at radius 1 is 1.13 bits per heavy atom. The minimum atomic E-state index is -1.12. The van der Waals surface area contributed by atoms with Crippen molar-refractivity contribution < 1.29 is 24.3 Å². The largest absolute Gasteiger partial charge is 0.480 e. The topological polar surface area (TPSA) is 123 Å². The van der Waals surface area contributed by atoms with Gasteiger partial charge in [0.15, 0.2) is 0 Å². The van der Waals surface area contributed by atoms with Crippen LogP contribution >= 0.6 is 0 Å². The van der Waals surface area contributed by atoms with Gasteiger partial charge in [-0.3, -0.25) is 19.2 Å². The van der Waals surface area contributed by atoms with Gasteiger partial charge in [0.05, 0.1) is 6.54 Å². The van der Waals surface area contributed by atoms with Crippen LogP contribution in [0.25, 0.3) is 10.9 Å². The van der Waals surface area contributed by atoms with Crippen LogP contribution in [0.3, 0.4) is 0 Å². The lowest BCUT2D eigenvalue weighted by Gasteiger charge is -2.27. The average molecular weight is 431 g/mol. The van der Waals surface area contributed by atoms with E-state index < -0.39 is 30.4 Å². The Morgan fingerprint density at radius 3 is 2.48 bits per heavy atom. The first-order chi connectivity index (χ1) is 14.9. The zero-order valence-corrected chi connectivity index (χ0v) is 18.0. The maximum Gasteiger partial charge on any atom is 0.323 e. The summed E-state index contributed by atoms with van der Waals surface area (Å²) in [5.74, 6) is -2.05. The smallest absolute Gasteiger partial charge is 0.323 e. The van der Waals surface area contributed by atoms with E-state index in [4.69, 9.17) is 0 Å². The van der Waals surface area contributed by atoms with E-state index in [9.17, 15) is 24.3 Å². The summed E-state index contributed by atoms with van der Waals surface area (Å²) in [6, 6.07) is 6.66. The summed E-state index contributed by atoms with van der Waals surface area (Å²) in [6.45, 7) is 3.83. The fourth-order valence-electron chi connectivity index (χ4n) is 3.52. The monoisotopic (exact) mass is 430 g/mol. The van der Waals surface area contributed by atoms with Crippen molar-refractivity contribution in [3.8, 4) is 0 Å². The third-order valence-corrected chi connectivity index (χ3v) is 4.87. The molecule has 0 fully saturated rings. The predicted molar refractivity (Wildman–Crippen MR) is 116 cm³/mol. The van der Waals surface area contributed by atoms with Gasteiger partial charge in [-0.1, -0.05) is 32.0 Å². The number of fused-ring (bicyclic) bond motifs is 1. The van der Waals surface area contributed by atoms with Crippen LogP contribution in [0.2, 0.25) is 0 Å². The number of para-hydroxylation sites is 1. The van der Waals surface area contributed by atoms with Crippen molar-refractivity contribution in [2.45, 2.75) is 39.2 Å². The molecule has 0 saturated heterocycles. The van der Waals surface area contributed by atoms with E-state index in [0.29, 0.717) is 25.8 Å². The van der Waals surface area contributed by atoms with E-state index in [1.807, 2.05) is 38.1 Å². The summed E-state index contributed by atoms with van der Waals surface area (Å²) in [7, 11) is 0. The lowest BCUT2D eigenvalue weighted by Crippen LogP contribution is -2.52. The zero-order chi connectivity index (χ0) is 22.8. The van der Waals surface area contributed by atoms with E-state index in [0.717, 1.165) is 16.5 Å². The first kappa shape index (κ1) is 23.9. The van der Waals surface area contributed by atoms with Crippen LogP contribution in [0.5, 0.6) is 0 Å². The van der Waals surface area contributed by atoms with Crippen LogP contribution in [0.1, 0.15) is 32.3 Å². The second kappa shape index (κ2) is 11.7. The Morgan fingerprint density at radius 2 is 1.84 bits per heavy atom. The van der Waals surface area contributed by atoms with Gasteiger partial charge in [0.1, 0.15) is 12.6 Å². The molecule has 1 aromatic carbocycles. The molecule has 0 bridgehead atoms. The third-order valence-electron chi connectivity index (χ3n) is 4.87. The van der Waals surface area contributed by atoms with Crippen molar-refractivity contribution in [2.75, 3.05) is 26.2 Å². The van der Waals surface area contributed by atoms with Gasteiger partial charge in [-0.05, 0) is 24.5 Å². The number of H-pyrrole nitrogens is 1. The van der Waals surface area contributed by atoms with Crippen molar-refractivity contribution in [1.82, 2.24) is 20.1 Å². The summed E-state index contributed by atoms with van der Waals surface area (Å²) in [4.78, 5) is 53.9. The van der Waals surface area contributed by atoms with Crippen LogP contribution in [0.15, 0.2) is 30.5 Å². The molecule has 0 radical (unpaired) electrons. The Bertz CT molecular complexity index is 910. The molecule has 0 aliphatic rings. The molecule has 0 aliphatic heterocycles. The summed E-state index contributed by atoms with van der Waals surface area (Å²) >= 11 is 0. The highest BCUT2D eigenvalue weighted by Crippen LogP contribution is 2.19. The summed E-state index contributed by atoms with van der Waals surface area (Å²) < 4.78 is 0. The normalized spacial score (nSPS) is 11.7. The molecular formula is C22H30N4O5. The quantitative estimate of drug-likeness (QED) is 0.415. The third kappa shape index (κ3) is 6.84. The Kier molecular flexibility index (Phi) is 9.05. The number of carboxylic acids is 1. The molecular weight excluding hydrogens is 400 g/mol. The van der Waals surface area contributed by atoms with Crippen molar-refractivity contribution in [1.29, 1.82) is 0 Å². The highest BCUT2D eigenvalue weighted by Gasteiger charge is 2.28. The van der Waals surface area contributed by atoms with E-state index in [1.54, 1.807) is 6.20 Å². The summed E-state index contributed by atoms with van der Waals surface area (Å²) in [6.07, 6.45) is 3.87. The average Bonchev–Trinajstić information content (AvgIpc) is 3.14. The lowest BCUT2D eigenvalue weighted by molar-refractivity contribution is -0.146. The van der Waals surface area contributed by atoms with Gasteiger partial charge >= 0.3 is 5.97 Å². The van der Waals surface area contributed by atoms with Gasteiger partial charge in [-0.2, -0.15) is 0 Å². The van der Waals surface area contributed by atoms with Gasteiger partial charge < -0.3 is 25.2 Å². The molecule has 9 heteroatoms. The van der Waals surface area contributed by atoms with Crippen LogP contribution in [0, 0.1) is 0 Å². The number of benzene rings is 1. The van der Waals surface area contributed by atoms with E-state index in [-0.39, 0.29) is 19.5 Å². The zero-order valence-electron chi connectivity index (χ0n) is 18.0. The molecule has 1 heterocycles. The molecule has 0 spiro atoms. The number of hydrogen-bond acceptors (Lipinski definition) is 4. The van der Waals surface area contributed by atoms with Gasteiger partial charge in [0, 0.05) is 36.6 Å². The molecule has 9 nitrogen and oxygen atoms in total. The fourth-order valence-corrected chi connectivity index (χ4v) is 3.52. The second-order valence-electron chi connectivity index (χ2n) is 7.41. The van der Waals surface area contributed by atoms with E-state index >= 15 is 0 Å². The number of amides is 3. The van der Waals surface area contributed by atoms with Crippen LogP contribution in [-0.4, -0.2) is 76.3 Å². The number of aromatic amines is 1. The van der Waals surface area contributed by atoms with Gasteiger partial charge in [-0.15, -0.1) is 0 Å². The number of hydrogen-bond donors (Lipinski definition) is 3. The SMILES string of the molecule is CCCN(C=O)CC(=O)NC(Cc1c[nH]c2ccccc12)C(=O)N(CCC)CC(=O)O. The number of aromatic nitrogens is 1.